The number of hydrogen-bond acceptors (Lipinski definition) is 4. The zero-order valence-electron chi connectivity index (χ0n) is 12.0. The molecule has 1 saturated heterocycles. The minimum absolute atomic E-state index is 0.0323. The lowest BCUT2D eigenvalue weighted by molar-refractivity contribution is -0.402. The van der Waals surface area contributed by atoms with Gasteiger partial charge in [0, 0.05) is 13.1 Å². The van der Waals surface area contributed by atoms with E-state index in [1.54, 1.807) is 4.90 Å². The van der Waals surface area contributed by atoms with E-state index in [1.807, 2.05) is 18.2 Å². The molecular weight excluding hydrogens is 284 g/mol. The van der Waals surface area contributed by atoms with Gasteiger partial charge in [-0.05, 0) is 30.4 Å². The standard InChI is InChI=1S/C16H16N2O4/c19-16(14-6-7-15(22-14)18(20)21)17-10-8-13(9-11-17)12-4-2-1-3-5-12/h1-7,13H,8-11H2. The SMILES string of the molecule is O=C(c1ccc([N+](=O)[O-])o1)N1CCC(c2ccccc2)CC1. The van der Waals surface area contributed by atoms with E-state index in [9.17, 15) is 14.9 Å². The summed E-state index contributed by atoms with van der Waals surface area (Å²) >= 11 is 0. The molecule has 1 aliphatic heterocycles. The quantitative estimate of drug-likeness (QED) is 0.644. The Labute approximate surface area is 127 Å². The smallest absolute Gasteiger partial charge is 0.395 e. The van der Waals surface area contributed by atoms with E-state index in [-0.39, 0.29) is 11.7 Å². The normalized spacial score (nSPS) is 15.7. The molecule has 0 aliphatic carbocycles. The van der Waals surface area contributed by atoms with Crippen molar-refractivity contribution < 1.29 is 14.1 Å². The van der Waals surface area contributed by atoms with Crippen molar-refractivity contribution in [2.45, 2.75) is 18.8 Å². The molecular formula is C16H16N2O4. The topological polar surface area (TPSA) is 76.6 Å². The van der Waals surface area contributed by atoms with Crippen molar-refractivity contribution in [2.24, 2.45) is 0 Å². The predicted molar refractivity (Wildman–Crippen MR) is 79.7 cm³/mol. The number of furan rings is 1. The zero-order valence-corrected chi connectivity index (χ0v) is 12.0. The number of hydrogen-bond donors (Lipinski definition) is 0. The van der Waals surface area contributed by atoms with Crippen LogP contribution in [0, 0.1) is 10.1 Å². The van der Waals surface area contributed by atoms with Gasteiger partial charge in [0.2, 0.25) is 0 Å². The van der Waals surface area contributed by atoms with Crippen LogP contribution in [0.3, 0.4) is 0 Å². The van der Waals surface area contributed by atoms with Gasteiger partial charge in [-0.2, -0.15) is 0 Å². The molecule has 2 aromatic rings. The van der Waals surface area contributed by atoms with E-state index in [0.717, 1.165) is 12.8 Å². The van der Waals surface area contributed by atoms with Gasteiger partial charge in [-0.1, -0.05) is 30.3 Å². The highest BCUT2D eigenvalue weighted by Gasteiger charge is 2.27. The second-order valence-corrected chi connectivity index (χ2v) is 5.37. The molecule has 0 spiro atoms. The summed E-state index contributed by atoms with van der Waals surface area (Å²) in [6.07, 6.45) is 1.77. The molecule has 6 heteroatoms. The van der Waals surface area contributed by atoms with E-state index in [1.165, 1.54) is 17.7 Å². The van der Waals surface area contributed by atoms with E-state index >= 15 is 0 Å². The Kier molecular flexibility index (Phi) is 3.91. The van der Waals surface area contributed by atoms with Gasteiger partial charge in [-0.25, -0.2) is 0 Å². The van der Waals surface area contributed by atoms with Crippen molar-refractivity contribution in [3.05, 3.63) is 63.9 Å². The summed E-state index contributed by atoms with van der Waals surface area (Å²) in [5, 5.41) is 10.6. The Bertz CT molecular complexity index is 672. The highest BCUT2D eigenvalue weighted by molar-refractivity contribution is 5.91. The van der Waals surface area contributed by atoms with E-state index in [4.69, 9.17) is 4.42 Å². The number of carbonyl (C=O) groups excluding carboxylic acids is 1. The zero-order chi connectivity index (χ0) is 15.5. The Balaban J connectivity index is 1.63. The lowest BCUT2D eigenvalue weighted by atomic mass is 9.89. The second-order valence-electron chi connectivity index (χ2n) is 5.37. The molecule has 0 atom stereocenters. The van der Waals surface area contributed by atoms with Crippen molar-refractivity contribution in [3.63, 3.8) is 0 Å². The van der Waals surface area contributed by atoms with Crippen LogP contribution < -0.4 is 0 Å². The van der Waals surface area contributed by atoms with Crippen molar-refractivity contribution in [1.29, 1.82) is 0 Å². The van der Waals surface area contributed by atoms with Crippen LogP contribution in [0.2, 0.25) is 0 Å². The van der Waals surface area contributed by atoms with E-state index < -0.39 is 10.8 Å². The average Bonchev–Trinajstić information content (AvgIpc) is 3.05. The van der Waals surface area contributed by atoms with E-state index in [2.05, 4.69) is 12.1 Å². The number of benzene rings is 1. The summed E-state index contributed by atoms with van der Waals surface area (Å²) in [4.78, 5) is 23.9. The Hall–Kier alpha value is -2.63. The van der Waals surface area contributed by atoms with Crippen LogP contribution in [-0.2, 0) is 0 Å². The van der Waals surface area contributed by atoms with Crippen LogP contribution in [0.1, 0.15) is 34.9 Å². The molecule has 2 heterocycles. The van der Waals surface area contributed by atoms with Gasteiger partial charge in [0.25, 0.3) is 5.91 Å². The monoisotopic (exact) mass is 300 g/mol. The first kappa shape index (κ1) is 14.3. The third-order valence-electron chi connectivity index (χ3n) is 4.04. The van der Waals surface area contributed by atoms with Crippen molar-refractivity contribution in [2.75, 3.05) is 13.1 Å². The lowest BCUT2D eigenvalue weighted by Gasteiger charge is -2.31. The third kappa shape index (κ3) is 2.86. The molecule has 1 amide bonds. The van der Waals surface area contributed by atoms with Crippen molar-refractivity contribution in [3.8, 4) is 0 Å². The Morgan fingerprint density at radius 3 is 2.41 bits per heavy atom. The first-order valence-corrected chi connectivity index (χ1v) is 7.23. The average molecular weight is 300 g/mol. The first-order chi connectivity index (χ1) is 10.6. The predicted octanol–water partition coefficient (Wildman–Crippen LogP) is 3.21. The van der Waals surface area contributed by atoms with Crippen molar-refractivity contribution >= 4 is 11.8 Å². The van der Waals surface area contributed by atoms with Crippen molar-refractivity contribution in [1.82, 2.24) is 4.90 Å². The van der Waals surface area contributed by atoms with Gasteiger partial charge in [0.15, 0.2) is 5.76 Å². The number of rotatable bonds is 3. The molecule has 1 fully saturated rings. The summed E-state index contributed by atoms with van der Waals surface area (Å²) in [6, 6.07) is 12.8. The summed E-state index contributed by atoms with van der Waals surface area (Å²) < 4.78 is 4.98. The molecule has 0 saturated carbocycles. The molecule has 1 aromatic heterocycles. The highest BCUT2D eigenvalue weighted by atomic mass is 16.6. The number of nitrogens with zero attached hydrogens (tertiary/aromatic N) is 2. The number of piperidine rings is 1. The van der Waals surface area contributed by atoms with Gasteiger partial charge >= 0.3 is 5.88 Å². The fourth-order valence-corrected chi connectivity index (χ4v) is 2.84. The maximum absolute atomic E-state index is 12.3. The van der Waals surface area contributed by atoms with Gasteiger partial charge in [0.1, 0.15) is 4.92 Å². The second kappa shape index (κ2) is 6.01. The summed E-state index contributed by atoms with van der Waals surface area (Å²) in [5.41, 5.74) is 1.29. The molecule has 3 rings (SSSR count). The highest BCUT2D eigenvalue weighted by Crippen LogP contribution is 2.28. The molecule has 22 heavy (non-hydrogen) atoms. The molecule has 114 valence electrons. The molecule has 0 radical (unpaired) electrons. The number of carbonyl (C=O) groups is 1. The maximum Gasteiger partial charge on any atom is 0.433 e. The molecule has 0 N–H and O–H groups in total. The summed E-state index contributed by atoms with van der Waals surface area (Å²) in [7, 11) is 0. The van der Waals surface area contributed by atoms with Crippen LogP contribution in [0.5, 0.6) is 0 Å². The number of likely N-dealkylation sites (tertiary alicyclic amines) is 1. The van der Waals surface area contributed by atoms with Crippen LogP contribution in [0.4, 0.5) is 5.88 Å². The van der Waals surface area contributed by atoms with Crippen LogP contribution in [0.25, 0.3) is 0 Å². The number of nitro groups is 1. The minimum atomic E-state index is -0.640. The van der Waals surface area contributed by atoms with Gasteiger partial charge in [0.05, 0.1) is 6.07 Å². The Morgan fingerprint density at radius 1 is 1.14 bits per heavy atom. The van der Waals surface area contributed by atoms with Gasteiger partial charge in [-0.15, -0.1) is 0 Å². The van der Waals surface area contributed by atoms with E-state index in [0.29, 0.717) is 19.0 Å². The fraction of sp³-hybridized carbons (Fsp3) is 0.312. The molecule has 1 aliphatic rings. The molecule has 0 unspecified atom stereocenters. The van der Waals surface area contributed by atoms with Gasteiger partial charge < -0.3 is 9.32 Å². The summed E-state index contributed by atoms with van der Waals surface area (Å²) in [6.45, 7) is 1.26. The third-order valence-corrected chi connectivity index (χ3v) is 4.04. The van der Waals surface area contributed by atoms with Gasteiger partial charge in [-0.3, -0.25) is 14.9 Å². The van der Waals surface area contributed by atoms with Crippen LogP contribution >= 0.6 is 0 Å². The minimum Gasteiger partial charge on any atom is -0.395 e. The molecule has 1 aromatic carbocycles. The number of amides is 1. The fourth-order valence-electron chi connectivity index (χ4n) is 2.84. The molecule has 0 bridgehead atoms. The largest absolute Gasteiger partial charge is 0.433 e. The Morgan fingerprint density at radius 2 is 1.82 bits per heavy atom. The maximum atomic E-state index is 12.3. The van der Waals surface area contributed by atoms with Crippen LogP contribution in [0.15, 0.2) is 46.9 Å². The van der Waals surface area contributed by atoms with Crippen LogP contribution in [-0.4, -0.2) is 28.8 Å². The first-order valence-electron chi connectivity index (χ1n) is 7.23. The lowest BCUT2D eigenvalue weighted by Crippen LogP contribution is -2.37. The summed E-state index contributed by atoms with van der Waals surface area (Å²) in [5.74, 6) is -0.191. The molecule has 6 nitrogen and oxygen atoms in total.